The molecule has 2 N–H and O–H groups in total. The van der Waals surface area contributed by atoms with E-state index in [1.165, 1.54) is 5.56 Å². The molecule has 0 bridgehead atoms. The quantitative estimate of drug-likeness (QED) is 0.734. The number of rotatable bonds is 2. The van der Waals surface area contributed by atoms with Crippen LogP contribution in [0.4, 0.5) is 5.69 Å². The molecule has 4 rings (SSSR count). The molecule has 23 heavy (non-hydrogen) atoms. The second kappa shape index (κ2) is 5.53. The van der Waals surface area contributed by atoms with Gasteiger partial charge in [-0.3, -0.25) is 0 Å². The van der Waals surface area contributed by atoms with Crippen LogP contribution < -0.4 is 5.32 Å². The molecule has 0 unspecified atom stereocenters. The molecule has 0 saturated heterocycles. The van der Waals surface area contributed by atoms with Gasteiger partial charge in [0, 0.05) is 16.1 Å². The fourth-order valence-electron chi connectivity index (χ4n) is 3.76. The van der Waals surface area contributed by atoms with Crippen molar-refractivity contribution in [2.45, 2.75) is 18.4 Å². The predicted octanol–water partition coefficient (Wildman–Crippen LogP) is 4.97. The molecule has 0 amide bonds. The second-order valence-electron chi connectivity index (χ2n) is 6.10. The molecule has 116 valence electrons. The van der Waals surface area contributed by atoms with Crippen LogP contribution in [0.15, 0.2) is 59.1 Å². The summed E-state index contributed by atoms with van der Waals surface area (Å²) in [6.45, 7) is 0. The van der Waals surface area contributed by atoms with E-state index in [1.807, 2.05) is 18.2 Å². The van der Waals surface area contributed by atoms with Gasteiger partial charge >= 0.3 is 5.97 Å². The Morgan fingerprint density at radius 2 is 2.00 bits per heavy atom. The monoisotopic (exact) mass is 369 g/mol. The summed E-state index contributed by atoms with van der Waals surface area (Å²) in [6, 6.07) is 13.9. The third kappa shape index (κ3) is 2.38. The maximum absolute atomic E-state index is 11.3. The fourth-order valence-corrected chi connectivity index (χ4v) is 4.29. The zero-order chi connectivity index (χ0) is 16.0. The van der Waals surface area contributed by atoms with Crippen LogP contribution in [-0.2, 0) is 0 Å². The molecule has 0 radical (unpaired) electrons. The first-order valence-corrected chi connectivity index (χ1v) is 8.49. The number of anilines is 1. The first-order chi connectivity index (χ1) is 11.1. The smallest absolute Gasteiger partial charge is 0.335 e. The molecule has 1 aliphatic carbocycles. The van der Waals surface area contributed by atoms with Crippen LogP contribution in [0.2, 0.25) is 0 Å². The van der Waals surface area contributed by atoms with Crippen molar-refractivity contribution in [1.82, 2.24) is 0 Å². The third-order valence-corrected chi connectivity index (χ3v) is 5.57. The van der Waals surface area contributed by atoms with E-state index in [0.717, 1.165) is 22.1 Å². The highest BCUT2D eigenvalue weighted by Gasteiger charge is 2.38. The van der Waals surface area contributed by atoms with E-state index in [1.54, 1.807) is 6.07 Å². The molecular formula is C19H16BrNO2. The summed E-state index contributed by atoms with van der Waals surface area (Å²) in [4.78, 5) is 11.3. The van der Waals surface area contributed by atoms with Gasteiger partial charge in [0.05, 0.1) is 11.6 Å². The minimum atomic E-state index is -0.876. The highest BCUT2D eigenvalue weighted by atomic mass is 79.9. The lowest BCUT2D eigenvalue weighted by Gasteiger charge is -2.38. The van der Waals surface area contributed by atoms with Crippen LogP contribution in [0.1, 0.15) is 39.9 Å². The van der Waals surface area contributed by atoms with Crippen molar-refractivity contribution in [2.75, 3.05) is 5.32 Å². The molecule has 3 atom stereocenters. The van der Waals surface area contributed by atoms with Crippen molar-refractivity contribution >= 4 is 27.6 Å². The molecule has 0 fully saturated rings. The molecule has 2 aliphatic rings. The second-order valence-corrected chi connectivity index (χ2v) is 6.96. The molecule has 0 aromatic heterocycles. The van der Waals surface area contributed by atoms with E-state index in [0.29, 0.717) is 11.5 Å². The largest absolute Gasteiger partial charge is 0.478 e. The molecule has 0 spiro atoms. The number of carboxylic acid groups (broad SMARTS) is 1. The minimum absolute atomic E-state index is 0.216. The van der Waals surface area contributed by atoms with Gasteiger partial charge in [-0.15, -0.1) is 0 Å². The van der Waals surface area contributed by atoms with Gasteiger partial charge in [-0.05, 0) is 47.7 Å². The first-order valence-electron chi connectivity index (χ1n) is 7.70. The van der Waals surface area contributed by atoms with Crippen LogP contribution in [0, 0.1) is 5.92 Å². The normalized spacial score (nSPS) is 24.7. The Bertz CT molecular complexity index is 815. The number of carbonyl (C=O) groups is 1. The van der Waals surface area contributed by atoms with Crippen LogP contribution in [-0.4, -0.2) is 11.1 Å². The van der Waals surface area contributed by atoms with Crippen molar-refractivity contribution in [3.8, 4) is 0 Å². The van der Waals surface area contributed by atoms with Gasteiger partial charge in [0.2, 0.25) is 0 Å². The van der Waals surface area contributed by atoms with E-state index < -0.39 is 5.97 Å². The van der Waals surface area contributed by atoms with Gasteiger partial charge in [-0.25, -0.2) is 4.79 Å². The summed E-state index contributed by atoms with van der Waals surface area (Å²) in [5.74, 6) is -0.202. The van der Waals surface area contributed by atoms with Gasteiger partial charge in [0.1, 0.15) is 0 Å². The third-order valence-electron chi connectivity index (χ3n) is 4.85. The van der Waals surface area contributed by atoms with E-state index >= 15 is 0 Å². The lowest BCUT2D eigenvalue weighted by molar-refractivity contribution is 0.0696. The minimum Gasteiger partial charge on any atom is -0.478 e. The lowest BCUT2D eigenvalue weighted by atomic mass is 9.76. The Kier molecular flexibility index (Phi) is 3.49. The number of carboxylic acids is 1. The Balaban J connectivity index is 1.81. The zero-order valence-electron chi connectivity index (χ0n) is 12.4. The Labute approximate surface area is 143 Å². The molecule has 2 aromatic rings. The molecule has 0 saturated carbocycles. The number of allylic oxidation sites excluding steroid dienone is 2. The van der Waals surface area contributed by atoms with Crippen molar-refractivity contribution in [2.24, 2.45) is 5.92 Å². The average Bonchev–Trinajstić information content (AvgIpc) is 3.04. The average molecular weight is 370 g/mol. The van der Waals surface area contributed by atoms with Gasteiger partial charge in [-0.2, -0.15) is 0 Å². The zero-order valence-corrected chi connectivity index (χ0v) is 14.0. The van der Waals surface area contributed by atoms with Crippen LogP contribution in [0.5, 0.6) is 0 Å². The van der Waals surface area contributed by atoms with Gasteiger partial charge in [0.15, 0.2) is 0 Å². The molecule has 2 aromatic carbocycles. The number of hydrogen-bond acceptors (Lipinski definition) is 2. The van der Waals surface area contributed by atoms with E-state index in [2.05, 4.69) is 51.6 Å². The van der Waals surface area contributed by atoms with Crippen molar-refractivity contribution in [1.29, 1.82) is 0 Å². The number of benzene rings is 2. The number of fused-ring (bicyclic) bond motifs is 3. The summed E-state index contributed by atoms with van der Waals surface area (Å²) in [6.07, 6.45) is 5.43. The van der Waals surface area contributed by atoms with E-state index in [4.69, 9.17) is 0 Å². The van der Waals surface area contributed by atoms with E-state index in [-0.39, 0.29) is 12.0 Å². The molecule has 1 heterocycles. The van der Waals surface area contributed by atoms with Crippen molar-refractivity contribution < 1.29 is 9.90 Å². The maximum atomic E-state index is 11.3. The van der Waals surface area contributed by atoms with Gasteiger partial charge in [-0.1, -0.05) is 46.3 Å². The SMILES string of the molecule is O=C(O)c1ccc2c(c1)[C@@H]1C=CC[C@H]1[C@@H](c1ccccc1Br)N2. The Hall–Kier alpha value is -2.07. The number of hydrogen-bond donors (Lipinski definition) is 2. The van der Waals surface area contributed by atoms with Crippen LogP contribution >= 0.6 is 15.9 Å². The lowest BCUT2D eigenvalue weighted by Crippen LogP contribution is -2.29. The van der Waals surface area contributed by atoms with Crippen molar-refractivity contribution in [3.63, 3.8) is 0 Å². The predicted molar refractivity (Wildman–Crippen MR) is 93.9 cm³/mol. The van der Waals surface area contributed by atoms with Gasteiger partial charge in [0.25, 0.3) is 0 Å². The summed E-state index contributed by atoms with van der Waals surface area (Å²) in [5.41, 5.74) is 3.72. The molecule has 3 nitrogen and oxygen atoms in total. The fraction of sp³-hybridized carbons (Fsp3) is 0.211. The van der Waals surface area contributed by atoms with Crippen LogP contribution in [0.3, 0.4) is 0 Å². The number of nitrogens with one attached hydrogen (secondary N) is 1. The molecular weight excluding hydrogens is 354 g/mol. The maximum Gasteiger partial charge on any atom is 0.335 e. The summed E-state index contributed by atoms with van der Waals surface area (Å²) in [5, 5.41) is 12.9. The Morgan fingerprint density at radius 3 is 2.78 bits per heavy atom. The number of halogens is 1. The summed E-state index contributed by atoms with van der Waals surface area (Å²) >= 11 is 3.66. The highest BCUT2D eigenvalue weighted by molar-refractivity contribution is 9.10. The van der Waals surface area contributed by atoms with Gasteiger partial charge < -0.3 is 10.4 Å². The summed E-state index contributed by atoms with van der Waals surface area (Å²) < 4.78 is 1.11. The van der Waals surface area contributed by atoms with E-state index in [9.17, 15) is 9.90 Å². The highest BCUT2D eigenvalue weighted by Crippen LogP contribution is 2.50. The standard InChI is InChI=1S/C19H16BrNO2/c20-16-7-2-1-4-14(16)18-13-6-3-5-12(13)15-10-11(19(22)23)8-9-17(15)21-18/h1-5,7-10,12-13,18,21H,6H2,(H,22,23)/t12-,13-,18+/m1/s1. The number of aromatic carboxylic acids is 1. The first kappa shape index (κ1) is 14.5. The van der Waals surface area contributed by atoms with Crippen molar-refractivity contribution in [3.05, 3.63) is 75.8 Å². The summed E-state index contributed by atoms with van der Waals surface area (Å²) in [7, 11) is 0. The molecule has 4 heteroatoms. The van der Waals surface area contributed by atoms with Crippen LogP contribution in [0.25, 0.3) is 0 Å². The topological polar surface area (TPSA) is 49.3 Å². The molecule has 1 aliphatic heterocycles. The Morgan fingerprint density at radius 1 is 1.17 bits per heavy atom.